The predicted octanol–water partition coefficient (Wildman–Crippen LogP) is 3.51. The van der Waals surface area contributed by atoms with Crippen molar-refractivity contribution in [1.82, 2.24) is 4.90 Å². The molecule has 1 aromatic carbocycles. The van der Waals surface area contributed by atoms with E-state index in [-0.39, 0.29) is 0 Å². The van der Waals surface area contributed by atoms with Crippen LogP contribution in [0.15, 0.2) is 24.3 Å². The standard InChI is InChI=1S/C17H28N2O/c1-3-11-19-12-9-16(10-13-19)18-17-8-6-5-7-15(17)14-20-4-2/h5-8,16,18H,3-4,9-14H2,1-2H3. The van der Waals surface area contributed by atoms with E-state index in [1.54, 1.807) is 0 Å². The second-order valence-corrected chi connectivity index (χ2v) is 5.55. The molecule has 112 valence electrons. The summed E-state index contributed by atoms with van der Waals surface area (Å²) in [6, 6.07) is 9.12. The molecule has 3 heteroatoms. The third-order valence-corrected chi connectivity index (χ3v) is 3.97. The summed E-state index contributed by atoms with van der Waals surface area (Å²) in [7, 11) is 0. The monoisotopic (exact) mass is 276 g/mol. The number of hydrogen-bond donors (Lipinski definition) is 1. The number of nitrogens with one attached hydrogen (secondary N) is 1. The van der Waals surface area contributed by atoms with Gasteiger partial charge in [0.1, 0.15) is 0 Å². The highest BCUT2D eigenvalue weighted by molar-refractivity contribution is 5.51. The number of hydrogen-bond acceptors (Lipinski definition) is 3. The van der Waals surface area contributed by atoms with Crippen molar-refractivity contribution in [3.05, 3.63) is 29.8 Å². The van der Waals surface area contributed by atoms with Crippen LogP contribution in [0, 0.1) is 0 Å². The first-order valence-electron chi connectivity index (χ1n) is 7.98. The second-order valence-electron chi connectivity index (χ2n) is 5.55. The van der Waals surface area contributed by atoms with Crippen molar-refractivity contribution in [3.63, 3.8) is 0 Å². The molecular formula is C17H28N2O. The van der Waals surface area contributed by atoms with Crippen molar-refractivity contribution in [2.24, 2.45) is 0 Å². The van der Waals surface area contributed by atoms with Crippen LogP contribution in [0.3, 0.4) is 0 Å². The number of likely N-dealkylation sites (tertiary alicyclic amines) is 1. The Balaban J connectivity index is 1.87. The maximum atomic E-state index is 5.55. The number of ether oxygens (including phenoxy) is 1. The Morgan fingerprint density at radius 3 is 2.65 bits per heavy atom. The molecule has 0 radical (unpaired) electrons. The van der Waals surface area contributed by atoms with Crippen molar-refractivity contribution in [2.45, 2.75) is 45.8 Å². The Hall–Kier alpha value is -1.06. The van der Waals surface area contributed by atoms with E-state index >= 15 is 0 Å². The Labute approximate surface area is 123 Å². The van der Waals surface area contributed by atoms with Gasteiger partial charge in [-0.25, -0.2) is 0 Å². The van der Waals surface area contributed by atoms with Gasteiger partial charge in [0.15, 0.2) is 0 Å². The van der Waals surface area contributed by atoms with Gasteiger partial charge in [0.2, 0.25) is 0 Å². The molecule has 0 unspecified atom stereocenters. The molecule has 0 spiro atoms. The van der Waals surface area contributed by atoms with Gasteiger partial charge in [-0.15, -0.1) is 0 Å². The van der Waals surface area contributed by atoms with Crippen molar-refractivity contribution in [1.29, 1.82) is 0 Å². The maximum absolute atomic E-state index is 5.55. The number of piperidine rings is 1. The third-order valence-electron chi connectivity index (χ3n) is 3.97. The summed E-state index contributed by atoms with van der Waals surface area (Å²) in [6.07, 6.45) is 3.74. The molecule has 0 saturated carbocycles. The molecule has 1 N–H and O–H groups in total. The Morgan fingerprint density at radius 2 is 1.95 bits per heavy atom. The van der Waals surface area contributed by atoms with Gasteiger partial charge >= 0.3 is 0 Å². The SMILES string of the molecule is CCCN1CCC(Nc2ccccc2COCC)CC1. The summed E-state index contributed by atoms with van der Waals surface area (Å²) in [5.41, 5.74) is 2.51. The maximum Gasteiger partial charge on any atom is 0.0736 e. The summed E-state index contributed by atoms with van der Waals surface area (Å²) in [5, 5.41) is 3.71. The summed E-state index contributed by atoms with van der Waals surface area (Å²) in [6.45, 7) is 9.46. The first kappa shape index (κ1) is 15.3. The fraction of sp³-hybridized carbons (Fsp3) is 0.647. The highest BCUT2D eigenvalue weighted by Crippen LogP contribution is 2.21. The van der Waals surface area contributed by atoms with Crippen LogP contribution in [0.1, 0.15) is 38.7 Å². The lowest BCUT2D eigenvalue weighted by atomic mass is 10.0. The van der Waals surface area contributed by atoms with Crippen molar-refractivity contribution in [3.8, 4) is 0 Å². The van der Waals surface area contributed by atoms with Gasteiger partial charge in [0.05, 0.1) is 6.61 Å². The van der Waals surface area contributed by atoms with Gasteiger partial charge < -0.3 is 15.0 Å². The minimum absolute atomic E-state index is 0.603. The van der Waals surface area contributed by atoms with Crippen molar-refractivity contribution in [2.75, 3.05) is 31.6 Å². The highest BCUT2D eigenvalue weighted by atomic mass is 16.5. The van der Waals surface area contributed by atoms with E-state index in [1.807, 2.05) is 6.92 Å². The van der Waals surface area contributed by atoms with Gasteiger partial charge in [-0.3, -0.25) is 0 Å². The molecule has 0 bridgehead atoms. The topological polar surface area (TPSA) is 24.5 Å². The number of benzene rings is 1. The van der Waals surface area contributed by atoms with E-state index in [2.05, 4.69) is 41.4 Å². The van der Waals surface area contributed by atoms with Crippen LogP contribution in [0.25, 0.3) is 0 Å². The zero-order chi connectivity index (χ0) is 14.2. The molecular weight excluding hydrogens is 248 g/mol. The van der Waals surface area contributed by atoms with Crippen molar-refractivity contribution >= 4 is 5.69 Å². The Kier molecular flexibility index (Phi) is 6.34. The molecule has 1 aliphatic heterocycles. The molecule has 1 fully saturated rings. The van der Waals surface area contributed by atoms with Crippen LogP contribution in [0.4, 0.5) is 5.69 Å². The average Bonchev–Trinajstić information content (AvgIpc) is 2.49. The summed E-state index contributed by atoms with van der Waals surface area (Å²) < 4.78 is 5.55. The zero-order valence-corrected chi connectivity index (χ0v) is 12.9. The number of para-hydroxylation sites is 1. The van der Waals surface area contributed by atoms with Gasteiger partial charge in [0.25, 0.3) is 0 Å². The minimum Gasteiger partial charge on any atom is -0.382 e. The minimum atomic E-state index is 0.603. The number of nitrogens with zero attached hydrogens (tertiary/aromatic N) is 1. The molecule has 3 nitrogen and oxygen atoms in total. The van der Waals surface area contributed by atoms with Crippen LogP contribution in [-0.4, -0.2) is 37.2 Å². The lowest BCUT2D eigenvalue weighted by molar-refractivity contribution is 0.134. The van der Waals surface area contributed by atoms with Crippen LogP contribution < -0.4 is 5.32 Å². The van der Waals surface area contributed by atoms with Crippen LogP contribution in [-0.2, 0) is 11.3 Å². The van der Waals surface area contributed by atoms with E-state index in [0.29, 0.717) is 12.6 Å². The summed E-state index contributed by atoms with van der Waals surface area (Å²) in [4.78, 5) is 2.57. The molecule has 0 amide bonds. The first-order valence-corrected chi connectivity index (χ1v) is 7.98. The number of anilines is 1. The van der Waals surface area contributed by atoms with E-state index in [1.165, 1.54) is 50.1 Å². The lowest BCUT2D eigenvalue weighted by Crippen LogP contribution is -2.39. The molecule has 1 aliphatic rings. The molecule has 1 heterocycles. The molecule has 20 heavy (non-hydrogen) atoms. The zero-order valence-electron chi connectivity index (χ0n) is 12.9. The first-order chi connectivity index (χ1) is 9.83. The quantitative estimate of drug-likeness (QED) is 0.825. The molecule has 0 atom stereocenters. The highest BCUT2D eigenvalue weighted by Gasteiger charge is 2.18. The molecule has 0 aliphatic carbocycles. The van der Waals surface area contributed by atoms with Crippen LogP contribution in [0.2, 0.25) is 0 Å². The summed E-state index contributed by atoms with van der Waals surface area (Å²) >= 11 is 0. The smallest absolute Gasteiger partial charge is 0.0736 e. The predicted molar refractivity (Wildman–Crippen MR) is 85.1 cm³/mol. The van der Waals surface area contributed by atoms with Gasteiger partial charge in [-0.2, -0.15) is 0 Å². The Morgan fingerprint density at radius 1 is 1.20 bits per heavy atom. The van der Waals surface area contributed by atoms with Gasteiger partial charge in [-0.1, -0.05) is 25.1 Å². The third kappa shape index (κ3) is 4.50. The normalized spacial score (nSPS) is 17.3. The van der Waals surface area contributed by atoms with E-state index in [9.17, 15) is 0 Å². The molecule has 1 aromatic rings. The van der Waals surface area contributed by atoms with Crippen molar-refractivity contribution < 1.29 is 4.74 Å². The fourth-order valence-electron chi connectivity index (χ4n) is 2.84. The van der Waals surface area contributed by atoms with E-state index in [0.717, 1.165) is 6.61 Å². The van der Waals surface area contributed by atoms with Crippen LogP contribution in [0.5, 0.6) is 0 Å². The van der Waals surface area contributed by atoms with Gasteiger partial charge in [-0.05, 0) is 38.8 Å². The van der Waals surface area contributed by atoms with E-state index in [4.69, 9.17) is 4.74 Å². The Bertz CT molecular complexity index is 386. The average molecular weight is 276 g/mol. The van der Waals surface area contributed by atoms with E-state index < -0.39 is 0 Å². The number of rotatable bonds is 7. The fourth-order valence-corrected chi connectivity index (χ4v) is 2.84. The van der Waals surface area contributed by atoms with Gasteiger partial charge in [0, 0.05) is 37.0 Å². The molecule has 2 rings (SSSR count). The molecule has 1 saturated heterocycles. The molecule has 0 aromatic heterocycles. The lowest BCUT2D eigenvalue weighted by Gasteiger charge is -2.33. The second kappa shape index (κ2) is 8.28. The summed E-state index contributed by atoms with van der Waals surface area (Å²) in [5.74, 6) is 0. The van der Waals surface area contributed by atoms with Crippen LogP contribution >= 0.6 is 0 Å². The largest absolute Gasteiger partial charge is 0.382 e.